The van der Waals surface area contributed by atoms with Crippen LogP contribution in [0.4, 0.5) is 0 Å². The molecule has 2 rings (SSSR count). The number of rotatable bonds is 2. The van der Waals surface area contributed by atoms with Crippen LogP contribution in [0, 0.1) is 6.92 Å². The molecule has 0 bridgehead atoms. The Kier molecular flexibility index (Phi) is 2.68. The zero-order valence-corrected chi connectivity index (χ0v) is 10.7. The van der Waals surface area contributed by atoms with Crippen LogP contribution < -0.4 is 0 Å². The van der Waals surface area contributed by atoms with Gasteiger partial charge in [-0.15, -0.1) is 0 Å². The molecule has 0 spiro atoms. The molecule has 0 saturated carbocycles. The van der Waals surface area contributed by atoms with Gasteiger partial charge in [0.1, 0.15) is 0 Å². The Morgan fingerprint density at radius 1 is 1.19 bits per heavy atom. The van der Waals surface area contributed by atoms with E-state index >= 15 is 0 Å². The van der Waals surface area contributed by atoms with Crippen molar-refractivity contribution in [2.45, 2.75) is 53.2 Å². The number of nitrogens with zero attached hydrogens (tertiary/aromatic N) is 2. The van der Waals surface area contributed by atoms with E-state index in [1.165, 1.54) is 11.3 Å². The monoisotopic (exact) mass is 218 g/mol. The average Bonchev–Trinajstić information content (AvgIpc) is 2.66. The summed E-state index contributed by atoms with van der Waals surface area (Å²) in [6, 6.07) is 0.706. The van der Waals surface area contributed by atoms with E-state index in [0.717, 1.165) is 12.0 Å². The van der Waals surface area contributed by atoms with Crippen molar-refractivity contribution < 1.29 is 4.79 Å². The van der Waals surface area contributed by atoms with Crippen LogP contribution in [0.1, 0.15) is 55.2 Å². The van der Waals surface area contributed by atoms with Crippen molar-refractivity contribution in [1.82, 2.24) is 9.37 Å². The first-order chi connectivity index (χ1) is 7.43. The zero-order valence-electron chi connectivity index (χ0n) is 10.7. The van der Waals surface area contributed by atoms with Crippen molar-refractivity contribution in [3.05, 3.63) is 16.7 Å². The fourth-order valence-electron chi connectivity index (χ4n) is 2.40. The van der Waals surface area contributed by atoms with Crippen LogP contribution in [0.2, 0.25) is 0 Å². The molecule has 3 nitrogen and oxygen atoms in total. The predicted molar refractivity (Wildman–Crippen MR) is 65.9 cm³/mol. The Bertz CT molecular complexity index is 434. The van der Waals surface area contributed by atoms with Crippen LogP contribution in [-0.4, -0.2) is 28.4 Å². The molecule has 4 heteroatoms. The third-order valence-electron chi connectivity index (χ3n) is 3.42. The second-order valence-electron chi connectivity index (χ2n) is 5.13. The van der Waals surface area contributed by atoms with Crippen molar-refractivity contribution >= 4 is 13.0 Å². The van der Waals surface area contributed by atoms with Gasteiger partial charge in [0.05, 0.1) is 0 Å². The van der Waals surface area contributed by atoms with Crippen molar-refractivity contribution in [1.29, 1.82) is 0 Å². The molecule has 1 aromatic heterocycles. The molecule has 2 heterocycles. The molecule has 1 aliphatic rings. The van der Waals surface area contributed by atoms with Gasteiger partial charge in [0.2, 0.25) is 0 Å². The summed E-state index contributed by atoms with van der Waals surface area (Å²) in [4.78, 5) is 14.1. The first-order valence-corrected chi connectivity index (χ1v) is 5.94. The fourth-order valence-corrected chi connectivity index (χ4v) is 2.40. The Morgan fingerprint density at radius 3 is 2.25 bits per heavy atom. The maximum atomic E-state index is 12.1. The zero-order chi connectivity index (χ0) is 12.0. The van der Waals surface area contributed by atoms with E-state index in [1.807, 2.05) is 12.0 Å². The van der Waals surface area contributed by atoms with E-state index in [1.54, 1.807) is 0 Å². The first-order valence-electron chi connectivity index (χ1n) is 5.94. The quantitative estimate of drug-likeness (QED) is 0.745. The molecule has 0 aliphatic carbocycles. The van der Waals surface area contributed by atoms with Gasteiger partial charge in [-0.1, -0.05) is 0 Å². The number of fused-ring (bicyclic) bond motifs is 1. The van der Waals surface area contributed by atoms with Crippen molar-refractivity contribution in [3.8, 4) is 0 Å². The minimum atomic E-state index is 0.188. The van der Waals surface area contributed by atoms with E-state index in [2.05, 4.69) is 39.1 Å². The Labute approximate surface area is 97.7 Å². The van der Waals surface area contributed by atoms with E-state index < -0.39 is 0 Å². The Balaban J connectivity index is 2.42. The van der Waals surface area contributed by atoms with E-state index in [0.29, 0.717) is 6.04 Å². The first kappa shape index (κ1) is 11.4. The Morgan fingerprint density at radius 2 is 1.81 bits per heavy atom. The molecule has 1 aromatic rings. The molecule has 0 aromatic carbocycles. The van der Waals surface area contributed by atoms with Crippen molar-refractivity contribution in [2.24, 2.45) is 0 Å². The standard InChI is InChI=1S/C12H19BN2O/c1-7(2)14-6-10-9(5)15(8(3)4)13-11(10)12(14)16/h7-8H,6H2,1-5H3. The third kappa shape index (κ3) is 1.51. The summed E-state index contributed by atoms with van der Waals surface area (Å²) in [6.45, 7) is 11.3. The number of amides is 1. The summed E-state index contributed by atoms with van der Waals surface area (Å²) in [6.07, 6.45) is 0. The SMILES string of the molecule is Cc1c2c(bn1C(C)C)C(=O)N(C(C)C)C2. The topological polar surface area (TPSA) is 25.2 Å². The number of hydrogen-bond acceptors (Lipinski definition) is 1. The molecule has 0 N–H and O–H groups in total. The molecule has 1 amide bonds. The van der Waals surface area contributed by atoms with Gasteiger partial charge in [-0.2, -0.15) is 0 Å². The summed E-state index contributed by atoms with van der Waals surface area (Å²) in [5.41, 5.74) is 3.36. The van der Waals surface area contributed by atoms with Gasteiger partial charge in [-0.3, -0.25) is 0 Å². The van der Waals surface area contributed by atoms with Gasteiger partial charge >= 0.3 is 97.1 Å². The van der Waals surface area contributed by atoms with Crippen LogP contribution >= 0.6 is 0 Å². The molecule has 1 aliphatic heterocycles. The van der Waals surface area contributed by atoms with Crippen LogP contribution in [0.3, 0.4) is 0 Å². The number of hydrogen-bond donors (Lipinski definition) is 0. The summed E-state index contributed by atoms with van der Waals surface area (Å²) >= 11 is 0. The molecular formula is C12H19BN2O. The van der Waals surface area contributed by atoms with Crippen molar-refractivity contribution in [2.75, 3.05) is 0 Å². The van der Waals surface area contributed by atoms with Crippen molar-refractivity contribution in [3.63, 3.8) is 0 Å². The molecule has 0 radical (unpaired) electrons. The van der Waals surface area contributed by atoms with E-state index in [9.17, 15) is 4.79 Å². The summed E-state index contributed by atoms with van der Waals surface area (Å²) in [7, 11) is 2.01. The second-order valence-corrected chi connectivity index (χ2v) is 5.13. The summed E-state index contributed by atoms with van der Waals surface area (Å²) in [5.74, 6) is 0.188. The molecular weight excluding hydrogens is 199 g/mol. The molecule has 16 heavy (non-hydrogen) atoms. The molecule has 0 unspecified atom stereocenters. The van der Waals surface area contributed by atoms with Crippen LogP contribution in [0.5, 0.6) is 0 Å². The summed E-state index contributed by atoms with van der Waals surface area (Å²) in [5, 5.41) is 0. The normalized spacial score (nSPS) is 15.2. The van der Waals surface area contributed by atoms with Gasteiger partial charge in [0.15, 0.2) is 0 Å². The maximum absolute atomic E-state index is 12.1. The van der Waals surface area contributed by atoms with Gasteiger partial charge in [0, 0.05) is 0 Å². The van der Waals surface area contributed by atoms with Gasteiger partial charge in [-0.05, 0) is 0 Å². The van der Waals surface area contributed by atoms with Crippen LogP contribution in [0.25, 0.3) is 0 Å². The Hall–Kier alpha value is -1.06. The van der Waals surface area contributed by atoms with Crippen LogP contribution in [0.15, 0.2) is 0 Å². The molecule has 0 fully saturated rings. The van der Waals surface area contributed by atoms with Gasteiger partial charge in [-0.25, -0.2) is 0 Å². The van der Waals surface area contributed by atoms with Gasteiger partial charge < -0.3 is 0 Å². The van der Waals surface area contributed by atoms with E-state index in [4.69, 9.17) is 0 Å². The fraction of sp³-hybridized carbons (Fsp3) is 0.667. The number of carbonyl (C=O) groups is 1. The van der Waals surface area contributed by atoms with E-state index in [-0.39, 0.29) is 11.9 Å². The molecule has 86 valence electrons. The average molecular weight is 218 g/mol. The molecule has 0 atom stereocenters. The van der Waals surface area contributed by atoms with Gasteiger partial charge in [0.25, 0.3) is 0 Å². The minimum absolute atomic E-state index is 0.188. The second kappa shape index (κ2) is 3.76. The predicted octanol–water partition coefficient (Wildman–Crippen LogP) is 2.08. The van der Waals surface area contributed by atoms with Crippen LogP contribution in [-0.2, 0) is 6.54 Å². The third-order valence-corrected chi connectivity index (χ3v) is 3.42. The number of aromatic nitrogens is 1. The number of carbonyl (C=O) groups excluding carboxylic acids is 1. The summed E-state index contributed by atoms with van der Waals surface area (Å²) < 4.78 is 2.19. The molecule has 0 saturated heterocycles.